The summed E-state index contributed by atoms with van der Waals surface area (Å²) in [4.78, 5) is 18.3. The van der Waals surface area contributed by atoms with Gasteiger partial charge < -0.3 is 19.9 Å². The number of hydrogen-bond acceptors (Lipinski definition) is 4. The molecular formula is C14H28N4O2. The molecule has 20 heavy (non-hydrogen) atoms. The summed E-state index contributed by atoms with van der Waals surface area (Å²) in [6.07, 6.45) is 2.22. The molecule has 0 spiro atoms. The van der Waals surface area contributed by atoms with Crippen molar-refractivity contribution in [3.63, 3.8) is 0 Å². The van der Waals surface area contributed by atoms with Crippen LogP contribution in [0.2, 0.25) is 0 Å². The first kappa shape index (κ1) is 15.5. The normalized spacial score (nSPS) is 24.4. The number of hydrogen-bond donors (Lipinski definition) is 1. The topological polar surface area (TPSA) is 48.1 Å². The minimum atomic E-state index is -0.00318. The predicted molar refractivity (Wildman–Crippen MR) is 78.9 cm³/mol. The number of ether oxygens (including phenoxy) is 1. The number of piperidine rings is 1. The molecule has 6 nitrogen and oxygen atoms in total. The highest BCUT2D eigenvalue weighted by Crippen LogP contribution is 2.29. The van der Waals surface area contributed by atoms with Crippen LogP contribution in [0.25, 0.3) is 0 Å². The van der Waals surface area contributed by atoms with E-state index in [2.05, 4.69) is 22.2 Å². The third kappa shape index (κ3) is 3.62. The van der Waals surface area contributed by atoms with Crippen molar-refractivity contribution in [3.8, 4) is 0 Å². The predicted octanol–water partition coefficient (Wildman–Crippen LogP) is 0.0542. The van der Waals surface area contributed by atoms with Gasteiger partial charge in [-0.15, -0.1) is 0 Å². The number of carbonyl (C=O) groups excluding carboxylic acids is 1. The number of urea groups is 1. The Kier molecular flexibility index (Phi) is 5.23. The zero-order chi connectivity index (χ0) is 14.6. The molecule has 2 rings (SSSR count). The van der Waals surface area contributed by atoms with Crippen LogP contribution in [-0.4, -0.2) is 93.4 Å². The van der Waals surface area contributed by atoms with Crippen molar-refractivity contribution >= 4 is 6.03 Å². The van der Waals surface area contributed by atoms with Crippen LogP contribution in [0.15, 0.2) is 0 Å². The van der Waals surface area contributed by atoms with E-state index in [4.69, 9.17) is 4.74 Å². The fourth-order valence-corrected chi connectivity index (χ4v) is 3.08. The van der Waals surface area contributed by atoms with Gasteiger partial charge in [-0.2, -0.15) is 0 Å². The van der Waals surface area contributed by atoms with Crippen LogP contribution in [0.1, 0.15) is 12.8 Å². The molecule has 2 saturated heterocycles. The Morgan fingerprint density at radius 2 is 1.80 bits per heavy atom. The van der Waals surface area contributed by atoms with Crippen molar-refractivity contribution in [3.05, 3.63) is 0 Å². The summed E-state index contributed by atoms with van der Waals surface area (Å²) < 4.78 is 5.47. The lowest BCUT2D eigenvalue weighted by Gasteiger charge is -2.49. The van der Waals surface area contributed by atoms with Gasteiger partial charge in [0.05, 0.1) is 13.2 Å². The molecular weight excluding hydrogens is 256 g/mol. The Labute approximate surface area is 122 Å². The van der Waals surface area contributed by atoms with Gasteiger partial charge in [-0.1, -0.05) is 0 Å². The Bertz CT molecular complexity index is 321. The quantitative estimate of drug-likeness (QED) is 0.796. The first-order valence-corrected chi connectivity index (χ1v) is 7.50. The van der Waals surface area contributed by atoms with Gasteiger partial charge in [0.25, 0.3) is 0 Å². The highest BCUT2D eigenvalue weighted by molar-refractivity contribution is 5.73. The third-order valence-electron chi connectivity index (χ3n) is 4.57. The van der Waals surface area contributed by atoms with Gasteiger partial charge >= 0.3 is 6.03 Å². The van der Waals surface area contributed by atoms with E-state index in [0.29, 0.717) is 0 Å². The lowest BCUT2D eigenvalue weighted by molar-refractivity contribution is -0.0437. The summed E-state index contributed by atoms with van der Waals surface area (Å²) >= 11 is 0. The molecule has 2 amide bonds. The first-order chi connectivity index (χ1) is 9.53. The average Bonchev–Trinajstić information content (AvgIpc) is 2.47. The van der Waals surface area contributed by atoms with Gasteiger partial charge in [-0.3, -0.25) is 4.90 Å². The second-order valence-electron chi connectivity index (χ2n) is 6.18. The third-order valence-corrected chi connectivity index (χ3v) is 4.57. The van der Waals surface area contributed by atoms with Gasteiger partial charge in [0.1, 0.15) is 0 Å². The molecule has 0 aromatic rings. The standard InChI is InChI=1S/C14H28N4O2/c1-16(2)13(19)15-12-14(4-6-17(3)7-5-14)18-8-10-20-11-9-18/h4-12H2,1-3H3,(H,15,19). The number of nitrogens with zero attached hydrogens (tertiary/aromatic N) is 3. The van der Waals surface area contributed by atoms with Gasteiger partial charge in [-0.25, -0.2) is 4.79 Å². The van der Waals surface area contributed by atoms with Crippen LogP contribution in [0, 0.1) is 0 Å². The van der Waals surface area contributed by atoms with Crippen LogP contribution in [0.5, 0.6) is 0 Å². The molecule has 6 heteroatoms. The maximum Gasteiger partial charge on any atom is 0.316 e. The lowest BCUT2D eigenvalue weighted by atomic mass is 9.85. The largest absolute Gasteiger partial charge is 0.379 e. The van der Waals surface area contributed by atoms with E-state index >= 15 is 0 Å². The van der Waals surface area contributed by atoms with E-state index in [-0.39, 0.29) is 11.6 Å². The molecule has 2 aliphatic heterocycles. The van der Waals surface area contributed by atoms with E-state index in [0.717, 1.165) is 58.8 Å². The van der Waals surface area contributed by atoms with Crippen molar-refractivity contribution in [2.45, 2.75) is 18.4 Å². The minimum Gasteiger partial charge on any atom is -0.379 e. The highest BCUT2D eigenvalue weighted by Gasteiger charge is 2.40. The fourth-order valence-electron chi connectivity index (χ4n) is 3.08. The zero-order valence-electron chi connectivity index (χ0n) is 13.0. The zero-order valence-corrected chi connectivity index (χ0v) is 13.0. The first-order valence-electron chi connectivity index (χ1n) is 7.50. The fraction of sp³-hybridized carbons (Fsp3) is 0.929. The number of carbonyl (C=O) groups is 1. The summed E-state index contributed by atoms with van der Waals surface area (Å²) in [6.45, 7) is 6.48. The molecule has 0 radical (unpaired) electrons. The average molecular weight is 284 g/mol. The summed E-state index contributed by atoms with van der Waals surface area (Å²) in [5.41, 5.74) is 0.0992. The number of likely N-dealkylation sites (tertiary alicyclic amines) is 1. The van der Waals surface area contributed by atoms with E-state index in [9.17, 15) is 4.79 Å². The van der Waals surface area contributed by atoms with Crippen LogP contribution in [0.4, 0.5) is 4.79 Å². The maximum atomic E-state index is 11.8. The molecule has 1 N–H and O–H groups in total. The SMILES string of the molecule is CN1CCC(CNC(=O)N(C)C)(N2CCOCC2)CC1. The minimum absolute atomic E-state index is 0.00318. The van der Waals surface area contributed by atoms with Crippen LogP contribution < -0.4 is 5.32 Å². The Hall–Kier alpha value is -0.850. The second-order valence-corrected chi connectivity index (χ2v) is 6.18. The summed E-state index contributed by atoms with van der Waals surface area (Å²) in [5.74, 6) is 0. The molecule has 0 bridgehead atoms. The van der Waals surface area contributed by atoms with Crippen molar-refractivity contribution in [1.82, 2.24) is 20.0 Å². The van der Waals surface area contributed by atoms with Crippen LogP contribution in [-0.2, 0) is 4.74 Å². The number of morpholine rings is 1. The molecule has 2 fully saturated rings. The highest BCUT2D eigenvalue weighted by atomic mass is 16.5. The molecule has 0 aliphatic carbocycles. The van der Waals surface area contributed by atoms with E-state index < -0.39 is 0 Å². The van der Waals surface area contributed by atoms with Gasteiger partial charge in [0.2, 0.25) is 0 Å². The molecule has 0 unspecified atom stereocenters. The number of rotatable bonds is 3. The monoisotopic (exact) mass is 284 g/mol. The van der Waals surface area contributed by atoms with Crippen molar-refractivity contribution in [2.24, 2.45) is 0 Å². The summed E-state index contributed by atoms with van der Waals surface area (Å²) in [5, 5.41) is 3.09. The van der Waals surface area contributed by atoms with Crippen molar-refractivity contribution < 1.29 is 9.53 Å². The van der Waals surface area contributed by atoms with E-state index in [1.54, 1.807) is 19.0 Å². The summed E-state index contributed by atoms with van der Waals surface area (Å²) in [6, 6.07) is -0.00318. The molecule has 0 saturated carbocycles. The maximum absolute atomic E-state index is 11.8. The summed E-state index contributed by atoms with van der Waals surface area (Å²) in [7, 11) is 5.73. The Balaban J connectivity index is 2.01. The molecule has 0 atom stereocenters. The lowest BCUT2D eigenvalue weighted by Crippen LogP contribution is -2.63. The number of amides is 2. The molecule has 2 aliphatic rings. The smallest absolute Gasteiger partial charge is 0.316 e. The van der Waals surface area contributed by atoms with E-state index in [1.807, 2.05) is 0 Å². The van der Waals surface area contributed by atoms with Gasteiger partial charge in [-0.05, 0) is 33.0 Å². The Morgan fingerprint density at radius 3 is 2.35 bits per heavy atom. The molecule has 2 heterocycles. The van der Waals surface area contributed by atoms with Crippen LogP contribution in [0.3, 0.4) is 0 Å². The number of nitrogens with one attached hydrogen (secondary N) is 1. The van der Waals surface area contributed by atoms with E-state index in [1.165, 1.54) is 0 Å². The van der Waals surface area contributed by atoms with Crippen LogP contribution >= 0.6 is 0 Å². The van der Waals surface area contributed by atoms with Gasteiger partial charge in [0.15, 0.2) is 0 Å². The van der Waals surface area contributed by atoms with Crippen molar-refractivity contribution in [2.75, 3.05) is 67.1 Å². The van der Waals surface area contributed by atoms with Crippen molar-refractivity contribution in [1.29, 1.82) is 0 Å². The molecule has 0 aromatic carbocycles. The second kappa shape index (κ2) is 6.74. The molecule has 0 aromatic heterocycles. The molecule has 116 valence electrons. The van der Waals surface area contributed by atoms with Gasteiger partial charge in [0, 0.05) is 39.3 Å². The Morgan fingerprint density at radius 1 is 1.20 bits per heavy atom.